The number of anilines is 3. The lowest BCUT2D eigenvalue weighted by Crippen LogP contribution is -2.18. The van der Waals surface area contributed by atoms with Gasteiger partial charge in [-0.1, -0.05) is 35.2 Å². The molecule has 2 N–H and O–H groups in total. The second kappa shape index (κ2) is 8.28. The van der Waals surface area contributed by atoms with Crippen molar-refractivity contribution < 1.29 is 9.18 Å². The zero-order valence-corrected chi connectivity index (χ0v) is 15.8. The van der Waals surface area contributed by atoms with E-state index in [2.05, 4.69) is 25.9 Å². The molecular weight excluding hydrogens is 375 g/mol. The molecule has 2 aromatic heterocycles. The molecule has 1 amide bonds. The summed E-state index contributed by atoms with van der Waals surface area (Å²) in [6.45, 7) is 3.98. The number of hydrogen-bond acceptors (Lipinski definition) is 7. The standard InChI is InChI=1S/C16H17FN6OS2/c1-10(2)23-13(7-8-18-23)20-14(24)9-25-16-22-21-15(26-16)19-12-6-4-3-5-11(12)17/h3-8,10H,9H2,1-2H3,(H,19,21)(H,20,24). The normalized spacial score (nSPS) is 10.9. The molecule has 26 heavy (non-hydrogen) atoms. The Morgan fingerprint density at radius 3 is 2.88 bits per heavy atom. The maximum Gasteiger partial charge on any atom is 0.235 e. The molecule has 0 radical (unpaired) electrons. The molecule has 136 valence electrons. The summed E-state index contributed by atoms with van der Waals surface area (Å²) >= 11 is 2.53. The Hall–Kier alpha value is -2.46. The molecule has 1 aromatic carbocycles. The minimum atomic E-state index is -0.363. The van der Waals surface area contributed by atoms with Gasteiger partial charge < -0.3 is 10.6 Å². The summed E-state index contributed by atoms with van der Waals surface area (Å²) in [4.78, 5) is 12.1. The molecule has 7 nitrogen and oxygen atoms in total. The second-order valence-electron chi connectivity index (χ2n) is 5.57. The highest BCUT2D eigenvalue weighted by Crippen LogP contribution is 2.28. The summed E-state index contributed by atoms with van der Waals surface area (Å²) < 4.78 is 16.0. The number of para-hydroxylation sites is 1. The number of benzene rings is 1. The van der Waals surface area contributed by atoms with Crippen molar-refractivity contribution in [1.29, 1.82) is 0 Å². The fourth-order valence-electron chi connectivity index (χ4n) is 2.13. The van der Waals surface area contributed by atoms with E-state index in [0.29, 0.717) is 21.0 Å². The van der Waals surface area contributed by atoms with E-state index in [0.717, 1.165) is 0 Å². The maximum absolute atomic E-state index is 13.6. The van der Waals surface area contributed by atoms with Gasteiger partial charge in [0.25, 0.3) is 0 Å². The molecule has 0 bridgehead atoms. The van der Waals surface area contributed by atoms with Crippen LogP contribution >= 0.6 is 23.1 Å². The minimum absolute atomic E-state index is 0.156. The predicted octanol–water partition coefficient (Wildman–Crippen LogP) is 3.93. The van der Waals surface area contributed by atoms with Crippen molar-refractivity contribution in [2.75, 3.05) is 16.4 Å². The van der Waals surface area contributed by atoms with Gasteiger partial charge >= 0.3 is 0 Å². The van der Waals surface area contributed by atoms with Crippen molar-refractivity contribution >= 4 is 45.6 Å². The molecule has 2 heterocycles. The fraction of sp³-hybridized carbons (Fsp3) is 0.250. The quantitative estimate of drug-likeness (QED) is 0.593. The summed E-state index contributed by atoms with van der Waals surface area (Å²) in [7, 11) is 0. The molecule has 0 aliphatic heterocycles. The number of carbonyl (C=O) groups excluding carboxylic acids is 1. The van der Waals surface area contributed by atoms with Gasteiger partial charge in [0.15, 0.2) is 4.34 Å². The Balaban J connectivity index is 1.54. The van der Waals surface area contributed by atoms with Crippen LogP contribution in [0.1, 0.15) is 19.9 Å². The van der Waals surface area contributed by atoms with E-state index in [1.807, 2.05) is 13.8 Å². The van der Waals surface area contributed by atoms with Gasteiger partial charge in [-0.3, -0.25) is 4.79 Å². The number of carbonyl (C=O) groups is 1. The van der Waals surface area contributed by atoms with Gasteiger partial charge in [0, 0.05) is 12.1 Å². The van der Waals surface area contributed by atoms with Crippen LogP contribution in [-0.4, -0.2) is 31.6 Å². The molecule has 10 heteroatoms. The topological polar surface area (TPSA) is 84.7 Å². The number of nitrogens with one attached hydrogen (secondary N) is 2. The second-order valence-corrected chi connectivity index (χ2v) is 7.77. The van der Waals surface area contributed by atoms with E-state index in [-0.39, 0.29) is 23.5 Å². The first-order valence-corrected chi connectivity index (χ1v) is 9.64. The number of halogens is 1. The highest BCUT2D eigenvalue weighted by molar-refractivity contribution is 8.01. The first-order valence-electron chi connectivity index (χ1n) is 7.84. The van der Waals surface area contributed by atoms with Gasteiger partial charge in [0.1, 0.15) is 11.6 Å². The number of rotatable bonds is 7. The molecular formula is C16H17FN6OS2. The van der Waals surface area contributed by atoms with Crippen molar-refractivity contribution in [3.05, 3.63) is 42.3 Å². The molecule has 0 atom stereocenters. The van der Waals surface area contributed by atoms with Crippen LogP contribution in [0.4, 0.5) is 21.0 Å². The Labute approximate surface area is 158 Å². The average molecular weight is 392 g/mol. The average Bonchev–Trinajstić information content (AvgIpc) is 3.24. The van der Waals surface area contributed by atoms with Gasteiger partial charge in [-0.15, -0.1) is 10.2 Å². The lowest BCUT2D eigenvalue weighted by atomic mass is 10.3. The van der Waals surface area contributed by atoms with E-state index in [1.165, 1.54) is 29.2 Å². The van der Waals surface area contributed by atoms with Crippen LogP contribution in [0.5, 0.6) is 0 Å². The van der Waals surface area contributed by atoms with Gasteiger partial charge in [0.2, 0.25) is 11.0 Å². The van der Waals surface area contributed by atoms with Crippen LogP contribution < -0.4 is 10.6 Å². The third-order valence-electron chi connectivity index (χ3n) is 3.28. The minimum Gasteiger partial charge on any atom is -0.328 e. The van der Waals surface area contributed by atoms with Crippen LogP contribution in [0.3, 0.4) is 0 Å². The van der Waals surface area contributed by atoms with Crippen LogP contribution in [0.25, 0.3) is 0 Å². The molecule has 0 aliphatic carbocycles. The highest BCUT2D eigenvalue weighted by atomic mass is 32.2. The largest absolute Gasteiger partial charge is 0.328 e. The van der Waals surface area contributed by atoms with Crippen LogP contribution in [0.15, 0.2) is 40.9 Å². The lowest BCUT2D eigenvalue weighted by molar-refractivity contribution is -0.113. The van der Waals surface area contributed by atoms with Crippen molar-refractivity contribution in [2.24, 2.45) is 0 Å². The number of hydrogen-bond donors (Lipinski definition) is 2. The smallest absolute Gasteiger partial charge is 0.235 e. The molecule has 3 aromatic rings. The van der Waals surface area contributed by atoms with Crippen molar-refractivity contribution in [3.8, 4) is 0 Å². The third-order valence-corrected chi connectivity index (χ3v) is 5.25. The lowest BCUT2D eigenvalue weighted by Gasteiger charge is -2.11. The Morgan fingerprint density at radius 2 is 2.12 bits per heavy atom. The summed E-state index contributed by atoms with van der Waals surface area (Å²) in [6, 6.07) is 8.24. The van der Waals surface area contributed by atoms with Gasteiger partial charge in [-0.2, -0.15) is 5.10 Å². The number of aromatic nitrogens is 4. The Morgan fingerprint density at radius 1 is 1.31 bits per heavy atom. The first kappa shape index (κ1) is 18.3. The van der Waals surface area contributed by atoms with E-state index >= 15 is 0 Å². The molecule has 0 saturated heterocycles. The molecule has 3 rings (SSSR count). The SMILES string of the molecule is CC(C)n1nccc1NC(=O)CSc1nnc(Nc2ccccc2F)s1. The zero-order chi connectivity index (χ0) is 18.5. The van der Waals surface area contributed by atoms with Gasteiger partial charge in [-0.05, 0) is 26.0 Å². The molecule has 0 aliphatic rings. The van der Waals surface area contributed by atoms with Crippen LogP contribution in [-0.2, 0) is 4.79 Å². The zero-order valence-electron chi connectivity index (χ0n) is 14.1. The fourth-order valence-corrected chi connectivity index (χ4v) is 3.69. The van der Waals surface area contributed by atoms with E-state index in [9.17, 15) is 9.18 Å². The van der Waals surface area contributed by atoms with Gasteiger partial charge in [-0.25, -0.2) is 9.07 Å². The monoisotopic (exact) mass is 392 g/mol. The number of amides is 1. The maximum atomic E-state index is 13.6. The first-order chi connectivity index (χ1) is 12.5. The van der Waals surface area contributed by atoms with E-state index in [1.54, 1.807) is 35.1 Å². The number of nitrogens with zero attached hydrogens (tertiary/aromatic N) is 4. The molecule has 0 saturated carbocycles. The highest BCUT2D eigenvalue weighted by Gasteiger charge is 2.12. The van der Waals surface area contributed by atoms with Crippen LogP contribution in [0, 0.1) is 5.82 Å². The van der Waals surface area contributed by atoms with Gasteiger partial charge in [0.05, 0.1) is 17.6 Å². The van der Waals surface area contributed by atoms with Crippen LogP contribution in [0.2, 0.25) is 0 Å². The van der Waals surface area contributed by atoms with E-state index < -0.39 is 0 Å². The molecule has 0 fully saturated rings. The van der Waals surface area contributed by atoms with E-state index in [4.69, 9.17) is 0 Å². The molecule has 0 unspecified atom stereocenters. The summed E-state index contributed by atoms with van der Waals surface area (Å²) in [6.07, 6.45) is 1.65. The molecule has 0 spiro atoms. The summed E-state index contributed by atoms with van der Waals surface area (Å²) in [5, 5.41) is 18.3. The number of thioether (sulfide) groups is 1. The predicted molar refractivity (Wildman–Crippen MR) is 102 cm³/mol. The van der Waals surface area contributed by atoms with Crippen molar-refractivity contribution in [3.63, 3.8) is 0 Å². The Bertz CT molecular complexity index is 894. The third kappa shape index (κ3) is 4.58. The van der Waals surface area contributed by atoms with Crippen molar-refractivity contribution in [2.45, 2.75) is 24.2 Å². The summed E-state index contributed by atoms with van der Waals surface area (Å²) in [5.74, 6) is 0.330. The van der Waals surface area contributed by atoms with Crippen molar-refractivity contribution in [1.82, 2.24) is 20.0 Å². The summed E-state index contributed by atoms with van der Waals surface area (Å²) in [5.41, 5.74) is 0.333. The Kier molecular flexibility index (Phi) is 5.84.